The number of unbranched alkanes of at least 4 members (excludes halogenated alkanes) is 2. The molecule has 0 aliphatic carbocycles. The highest BCUT2D eigenvalue weighted by Gasteiger charge is 2.05. The van der Waals surface area contributed by atoms with Gasteiger partial charge in [-0.25, -0.2) is 0 Å². The molecule has 0 aliphatic heterocycles. The fraction of sp³-hybridized carbons (Fsp3) is 0.389. The van der Waals surface area contributed by atoms with Crippen LogP contribution in [0.3, 0.4) is 0 Å². The lowest BCUT2D eigenvalue weighted by molar-refractivity contribution is 0.0983. The zero-order chi connectivity index (χ0) is 15.6. The Morgan fingerprint density at radius 3 is 2.61 bits per heavy atom. The predicted octanol–water partition coefficient (Wildman–Crippen LogP) is 5.40. The van der Waals surface area contributed by atoms with E-state index >= 15 is 0 Å². The van der Waals surface area contributed by atoms with Gasteiger partial charge in [0, 0.05) is 11.4 Å². The van der Waals surface area contributed by atoms with E-state index in [9.17, 15) is 4.79 Å². The van der Waals surface area contributed by atoms with Crippen LogP contribution in [0.4, 0.5) is 0 Å². The van der Waals surface area contributed by atoms with Crippen molar-refractivity contribution in [3.63, 3.8) is 0 Å². The molecule has 0 aliphatic rings. The van der Waals surface area contributed by atoms with E-state index in [2.05, 4.69) is 11.4 Å². The number of halogens is 2. The molecule has 1 aromatic heterocycles. The number of hydrogen-bond donors (Lipinski definition) is 1. The van der Waals surface area contributed by atoms with Crippen molar-refractivity contribution in [3.8, 4) is 0 Å². The van der Waals surface area contributed by atoms with E-state index in [1.807, 2.05) is 35.7 Å². The molecule has 126 valence electrons. The zero-order valence-electron chi connectivity index (χ0n) is 13.1. The summed E-state index contributed by atoms with van der Waals surface area (Å²) in [5.74, 6) is 0.279. The average Bonchev–Trinajstić information content (AvgIpc) is 3.06. The summed E-state index contributed by atoms with van der Waals surface area (Å²) in [6.45, 7) is 1.94. The molecule has 1 heterocycles. The third-order valence-electron chi connectivity index (χ3n) is 3.58. The van der Waals surface area contributed by atoms with Crippen LogP contribution in [-0.4, -0.2) is 18.9 Å². The van der Waals surface area contributed by atoms with Crippen molar-refractivity contribution in [1.82, 2.24) is 5.32 Å². The van der Waals surface area contributed by atoms with Crippen molar-refractivity contribution in [2.45, 2.75) is 32.1 Å². The largest absolute Gasteiger partial charge is 0.316 e. The molecule has 0 amide bonds. The maximum Gasteiger partial charge on any atom is 0.172 e. The Bertz CT molecular complexity index is 572. The van der Waals surface area contributed by atoms with Crippen molar-refractivity contribution in [2.75, 3.05) is 13.1 Å². The van der Waals surface area contributed by atoms with E-state index in [1.54, 1.807) is 0 Å². The van der Waals surface area contributed by atoms with Crippen molar-refractivity contribution in [2.24, 2.45) is 0 Å². The first kappa shape index (κ1) is 20.2. The van der Waals surface area contributed by atoms with E-state index < -0.39 is 0 Å². The minimum atomic E-state index is 0. The van der Waals surface area contributed by atoms with Gasteiger partial charge in [-0.2, -0.15) is 0 Å². The van der Waals surface area contributed by atoms with E-state index in [0.717, 1.165) is 48.7 Å². The highest BCUT2D eigenvalue weighted by Crippen LogP contribution is 2.15. The van der Waals surface area contributed by atoms with E-state index in [4.69, 9.17) is 11.6 Å². The van der Waals surface area contributed by atoms with Crippen LogP contribution >= 0.6 is 35.3 Å². The Hall–Kier alpha value is -0.870. The van der Waals surface area contributed by atoms with Gasteiger partial charge in [-0.3, -0.25) is 4.79 Å². The maximum atomic E-state index is 11.8. The van der Waals surface area contributed by atoms with Crippen LogP contribution < -0.4 is 5.32 Å². The van der Waals surface area contributed by atoms with E-state index in [1.165, 1.54) is 16.9 Å². The van der Waals surface area contributed by atoms with Gasteiger partial charge in [0.2, 0.25) is 0 Å². The van der Waals surface area contributed by atoms with E-state index in [-0.39, 0.29) is 18.2 Å². The smallest absolute Gasteiger partial charge is 0.172 e. The van der Waals surface area contributed by atoms with Gasteiger partial charge in [-0.1, -0.05) is 42.3 Å². The Morgan fingerprint density at radius 1 is 1.04 bits per heavy atom. The number of carbonyl (C=O) groups is 1. The summed E-state index contributed by atoms with van der Waals surface area (Å²) in [6.07, 6.45) is 4.80. The molecule has 2 aromatic rings. The van der Waals surface area contributed by atoms with Crippen LogP contribution in [0.25, 0.3) is 0 Å². The molecule has 0 atom stereocenters. The van der Waals surface area contributed by atoms with Gasteiger partial charge >= 0.3 is 0 Å². The molecule has 23 heavy (non-hydrogen) atoms. The molecular formula is C18H23Cl2NOS. The number of nitrogens with one attached hydrogen (secondary N) is 1. The number of ketones is 1. The molecule has 2 nitrogen and oxygen atoms in total. The van der Waals surface area contributed by atoms with Gasteiger partial charge < -0.3 is 5.32 Å². The molecule has 0 saturated carbocycles. The van der Waals surface area contributed by atoms with E-state index in [0.29, 0.717) is 6.42 Å². The summed E-state index contributed by atoms with van der Waals surface area (Å²) in [5.41, 5.74) is 1.19. The van der Waals surface area contributed by atoms with Crippen LogP contribution in [0, 0.1) is 0 Å². The number of hydrogen-bond acceptors (Lipinski definition) is 3. The van der Waals surface area contributed by atoms with Crippen LogP contribution in [0.2, 0.25) is 5.02 Å². The van der Waals surface area contributed by atoms with Crippen LogP contribution in [0.1, 0.15) is 40.9 Å². The number of Topliss-reactive ketones (excluding diaryl/α,β-unsaturated/α-hetero) is 1. The second kappa shape index (κ2) is 11.6. The van der Waals surface area contributed by atoms with Crippen LogP contribution in [0.15, 0.2) is 41.8 Å². The van der Waals surface area contributed by atoms with Gasteiger partial charge in [0.15, 0.2) is 5.78 Å². The van der Waals surface area contributed by atoms with Crippen LogP contribution in [-0.2, 0) is 6.42 Å². The SMILES string of the molecule is Cl.O=C(CCCCCNCCc1ccccc1Cl)c1cccs1. The topological polar surface area (TPSA) is 29.1 Å². The third kappa shape index (κ3) is 7.49. The van der Waals surface area contributed by atoms with Gasteiger partial charge in [0.1, 0.15) is 0 Å². The zero-order valence-corrected chi connectivity index (χ0v) is 15.5. The highest BCUT2D eigenvalue weighted by atomic mass is 35.5. The lowest BCUT2D eigenvalue weighted by Gasteiger charge is -2.06. The molecule has 0 fully saturated rings. The number of carbonyl (C=O) groups excluding carboxylic acids is 1. The molecule has 0 spiro atoms. The molecule has 0 unspecified atom stereocenters. The normalized spacial score (nSPS) is 10.3. The number of benzene rings is 1. The average molecular weight is 372 g/mol. The quantitative estimate of drug-likeness (QED) is 0.447. The fourth-order valence-electron chi connectivity index (χ4n) is 2.32. The molecule has 2 rings (SSSR count). The van der Waals surface area contributed by atoms with Crippen molar-refractivity contribution < 1.29 is 4.79 Å². The van der Waals surface area contributed by atoms with Gasteiger partial charge in [0.25, 0.3) is 0 Å². The third-order valence-corrected chi connectivity index (χ3v) is 4.86. The summed E-state index contributed by atoms with van der Waals surface area (Å²) in [6, 6.07) is 11.8. The summed E-state index contributed by atoms with van der Waals surface area (Å²) in [7, 11) is 0. The molecular weight excluding hydrogens is 349 g/mol. The standard InChI is InChI=1S/C18H22ClNOS.ClH/c19-16-8-4-3-7-15(16)11-13-20-12-5-1-2-9-17(21)18-10-6-14-22-18;/h3-4,6-8,10,14,20H,1-2,5,9,11-13H2;1H. The Morgan fingerprint density at radius 2 is 1.87 bits per heavy atom. The predicted molar refractivity (Wildman–Crippen MR) is 102 cm³/mol. The van der Waals surface area contributed by atoms with Crippen molar-refractivity contribution in [3.05, 3.63) is 57.2 Å². The molecule has 0 saturated heterocycles. The monoisotopic (exact) mass is 371 g/mol. The summed E-state index contributed by atoms with van der Waals surface area (Å²) in [5, 5.41) is 6.23. The minimum Gasteiger partial charge on any atom is -0.316 e. The van der Waals surface area contributed by atoms with Crippen LogP contribution in [0.5, 0.6) is 0 Å². The Kier molecular flexibility index (Phi) is 10.2. The second-order valence-corrected chi connectivity index (χ2v) is 6.66. The summed E-state index contributed by atoms with van der Waals surface area (Å²) in [4.78, 5) is 12.7. The fourth-order valence-corrected chi connectivity index (χ4v) is 3.25. The number of rotatable bonds is 10. The van der Waals surface area contributed by atoms with Crippen molar-refractivity contribution >= 4 is 41.1 Å². The molecule has 0 radical (unpaired) electrons. The highest BCUT2D eigenvalue weighted by molar-refractivity contribution is 7.12. The van der Waals surface area contributed by atoms with Gasteiger partial charge in [-0.05, 0) is 55.4 Å². The molecule has 5 heteroatoms. The summed E-state index contributed by atoms with van der Waals surface area (Å²) >= 11 is 7.65. The first-order chi connectivity index (χ1) is 10.8. The van der Waals surface area contributed by atoms with Gasteiger partial charge in [0.05, 0.1) is 4.88 Å². The Labute approximate surface area is 153 Å². The van der Waals surface area contributed by atoms with Gasteiger partial charge in [-0.15, -0.1) is 23.7 Å². The molecule has 1 N–H and O–H groups in total. The summed E-state index contributed by atoms with van der Waals surface area (Å²) < 4.78 is 0. The lowest BCUT2D eigenvalue weighted by atomic mass is 10.1. The molecule has 1 aromatic carbocycles. The Balaban J connectivity index is 0.00000264. The second-order valence-electron chi connectivity index (χ2n) is 5.30. The van der Waals surface area contributed by atoms with Crippen molar-refractivity contribution in [1.29, 1.82) is 0 Å². The first-order valence-electron chi connectivity index (χ1n) is 7.78. The number of thiophene rings is 1. The minimum absolute atomic E-state index is 0. The molecule has 0 bridgehead atoms. The lowest BCUT2D eigenvalue weighted by Crippen LogP contribution is -2.18. The first-order valence-corrected chi connectivity index (χ1v) is 9.04. The maximum absolute atomic E-state index is 11.8.